The standard InChI is InChI=1S/C20H20N2O4/c23-19(24)13-11-17(15-7-3-1-4-8-15)21-22-18(12-14-20(25)26)16-9-5-2-6-10-16/h1-10H,11-14H2,(H,23,24)(H,25,26). The Labute approximate surface area is 151 Å². The molecule has 0 aliphatic rings. The van der Waals surface area contributed by atoms with Gasteiger partial charge in [-0.1, -0.05) is 60.7 Å². The van der Waals surface area contributed by atoms with Crippen LogP contribution in [0.4, 0.5) is 0 Å². The Balaban J connectivity index is 2.35. The van der Waals surface area contributed by atoms with Gasteiger partial charge in [-0.15, -0.1) is 0 Å². The van der Waals surface area contributed by atoms with Crippen LogP contribution in [0, 0.1) is 0 Å². The molecule has 2 N–H and O–H groups in total. The van der Waals surface area contributed by atoms with Gasteiger partial charge in [0.2, 0.25) is 0 Å². The van der Waals surface area contributed by atoms with Crippen LogP contribution in [-0.4, -0.2) is 33.6 Å². The van der Waals surface area contributed by atoms with E-state index >= 15 is 0 Å². The van der Waals surface area contributed by atoms with Gasteiger partial charge in [0, 0.05) is 12.8 Å². The molecular weight excluding hydrogens is 332 g/mol. The molecule has 0 aliphatic carbocycles. The molecule has 0 spiro atoms. The SMILES string of the molecule is O=C(O)CCC(=NN=C(CCC(=O)O)c1ccccc1)c1ccccc1. The average molecular weight is 352 g/mol. The van der Waals surface area contributed by atoms with Crippen molar-refractivity contribution in [2.75, 3.05) is 0 Å². The molecule has 0 aromatic heterocycles. The highest BCUT2D eigenvalue weighted by molar-refractivity contribution is 6.04. The van der Waals surface area contributed by atoms with Crippen molar-refractivity contribution in [3.63, 3.8) is 0 Å². The Kier molecular flexibility index (Phi) is 7.24. The van der Waals surface area contributed by atoms with Gasteiger partial charge in [-0.25, -0.2) is 0 Å². The summed E-state index contributed by atoms with van der Waals surface area (Å²) >= 11 is 0. The molecule has 0 aliphatic heterocycles. The van der Waals surface area contributed by atoms with Crippen LogP contribution >= 0.6 is 0 Å². The second kappa shape index (κ2) is 9.88. The quantitative estimate of drug-likeness (QED) is 0.532. The summed E-state index contributed by atoms with van der Waals surface area (Å²) in [6.45, 7) is 0. The molecule has 6 heteroatoms. The van der Waals surface area contributed by atoms with Crippen molar-refractivity contribution in [2.24, 2.45) is 10.2 Å². The summed E-state index contributed by atoms with van der Waals surface area (Å²) in [7, 11) is 0. The van der Waals surface area contributed by atoms with E-state index in [9.17, 15) is 9.59 Å². The minimum Gasteiger partial charge on any atom is -0.481 e. The minimum absolute atomic E-state index is 0.0565. The fourth-order valence-electron chi connectivity index (χ4n) is 2.34. The van der Waals surface area contributed by atoms with E-state index in [0.29, 0.717) is 11.4 Å². The first-order chi connectivity index (χ1) is 12.6. The molecule has 2 aromatic rings. The molecule has 0 heterocycles. The van der Waals surface area contributed by atoms with Crippen LogP contribution < -0.4 is 0 Å². The van der Waals surface area contributed by atoms with E-state index in [2.05, 4.69) is 10.2 Å². The van der Waals surface area contributed by atoms with Crippen molar-refractivity contribution in [1.29, 1.82) is 0 Å². The molecule has 0 saturated carbocycles. The van der Waals surface area contributed by atoms with Gasteiger partial charge in [-0.05, 0) is 11.1 Å². The molecule has 0 amide bonds. The number of rotatable bonds is 9. The summed E-state index contributed by atoms with van der Waals surface area (Å²) in [5, 5.41) is 26.4. The van der Waals surface area contributed by atoms with Gasteiger partial charge in [0.05, 0.1) is 24.3 Å². The summed E-state index contributed by atoms with van der Waals surface area (Å²) in [6.07, 6.45) is 0.367. The van der Waals surface area contributed by atoms with E-state index in [1.807, 2.05) is 60.7 Å². The lowest BCUT2D eigenvalue weighted by molar-refractivity contribution is -0.137. The number of aliphatic carboxylic acids is 2. The molecule has 0 saturated heterocycles. The van der Waals surface area contributed by atoms with E-state index in [1.165, 1.54) is 0 Å². The van der Waals surface area contributed by atoms with Crippen LogP contribution in [0.25, 0.3) is 0 Å². The average Bonchev–Trinajstić information content (AvgIpc) is 2.65. The van der Waals surface area contributed by atoms with Gasteiger partial charge in [0.1, 0.15) is 0 Å². The van der Waals surface area contributed by atoms with Crippen LogP contribution in [0.2, 0.25) is 0 Å². The van der Waals surface area contributed by atoms with Gasteiger partial charge in [0.15, 0.2) is 0 Å². The molecular formula is C20H20N2O4. The Bertz CT molecular complexity index is 730. The van der Waals surface area contributed by atoms with Gasteiger partial charge >= 0.3 is 11.9 Å². The zero-order valence-electron chi connectivity index (χ0n) is 14.2. The monoisotopic (exact) mass is 352 g/mol. The zero-order chi connectivity index (χ0) is 18.8. The third kappa shape index (κ3) is 6.32. The molecule has 2 aromatic carbocycles. The van der Waals surface area contributed by atoms with E-state index in [0.717, 1.165) is 11.1 Å². The number of carboxylic acid groups (broad SMARTS) is 2. The highest BCUT2D eigenvalue weighted by Gasteiger charge is 2.09. The van der Waals surface area contributed by atoms with Crippen LogP contribution in [-0.2, 0) is 9.59 Å². The van der Waals surface area contributed by atoms with Crippen LogP contribution in [0.5, 0.6) is 0 Å². The lowest BCUT2D eigenvalue weighted by Gasteiger charge is -2.06. The predicted octanol–water partition coefficient (Wildman–Crippen LogP) is 3.61. The number of hydrogen-bond donors (Lipinski definition) is 2. The van der Waals surface area contributed by atoms with Crippen molar-refractivity contribution >= 4 is 23.4 Å². The highest BCUT2D eigenvalue weighted by atomic mass is 16.4. The Hall–Kier alpha value is -3.28. The van der Waals surface area contributed by atoms with Gasteiger partial charge < -0.3 is 10.2 Å². The first-order valence-corrected chi connectivity index (χ1v) is 8.24. The summed E-state index contributed by atoms with van der Waals surface area (Å²) in [4.78, 5) is 21.8. The number of carbonyl (C=O) groups is 2. The van der Waals surface area contributed by atoms with Crippen molar-refractivity contribution in [3.8, 4) is 0 Å². The fourth-order valence-corrected chi connectivity index (χ4v) is 2.34. The van der Waals surface area contributed by atoms with Crippen molar-refractivity contribution in [2.45, 2.75) is 25.7 Å². The molecule has 0 radical (unpaired) electrons. The molecule has 0 bridgehead atoms. The molecule has 2 rings (SSSR count). The number of nitrogens with zero attached hydrogens (tertiary/aromatic N) is 2. The fraction of sp³-hybridized carbons (Fsp3) is 0.200. The first-order valence-electron chi connectivity index (χ1n) is 8.24. The summed E-state index contributed by atoms with van der Waals surface area (Å²) < 4.78 is 0. The van der Waals surface area contributed by atoms with Crippen molar-refractivity contribution < 1.29 is 19.8 Å². The summed E-state index contributed by atoms with van der Waals surface area (Å²) in [5.74, 6) is -1.82. The van der Waals surface area contributed by atoms with Crippen LogP contribution in [0.1, 0.15) is 36.8 Å². The maximum Gasteiger partial charge on any atom is 0.303 e. The number of carboxylic acids is 2. The second-order valence-corrected chi connectivity index (χ2v) is 5.61. The van der Waals surface area contributed by atoms with E-state index in [4.69, 9.17) is 10.2 Å². The van der Waals surface area contributed by atoms with Crippen molar-refractivity contribution in [3.05, 3.63) is 71.8 Å². The first kappa shape index (κ1) is 19.1. The molecule has 0 unspecified atom stereocenters. The maximum atomic E-state index is 10.9. The lowest BCUT2D eigenvalue weighted by Crippen LogP contribution is -2.07. The molecule has 0 atom stereocenters. The summed E-state index contributed by atoms with van der Waals surface area (Å²) in [6, 6.07) is 18.5. The van der Waals surface area contributed by atoms with Crippen LogP contribution in [0.3, 0.4) is 0 Å². The molecule has 134 valence electrons. The Morgan fingerprint density at radius 3 is 1.27 bits per heavy atom. The molecule has 0 fully saturated rings. The van der Waals surface area contributed by atoms with Gasteiger partial charge in [0.25, 0.3) is 0 Å². The number of hydrogen-bond acceptors (Lipinski definition) is 4. The zero-order valence-corrected chi connectivity index (χ0v) is 14.2. The second-order valence-electron chi connectivity index (χ2n) is 5.61. The normalized spacial score (nSPS) is 12.0. The Morgan fingerprint density at radius 1 is 0.615 bits per heavy atom. The molecule has 6 nitrogen and oxygen atoms in total. The Morgan fingerprint density at radius 2 is 0.962 bits per heavy atom. The smallest absolute Gasteiger partial charge is 0.303 e. The topological polar surface area (TPSA) is 99.3 Å². The van der Waals surface area contributed by atoms with Gasteiger partial charge in [-0.3, -0.25) is 9.59 Å². The van der Waals surface area contributed by atoms with Gasteiger partial charge in [-0.2, -0.15) is 10.2 Å². The lowest BCUT2D eigenvalue weighted by atomic mass is 10.1. The highest BCUT2D eigenvalue weighted by Crippen LogP contribution is 2.11. The largest absolute Gasteiger partial charge is 0.481 e. The third-order valence-corrected chi connectivity index (χ3v) is 3.66. The predicted molar refractivity (Wildman–Crippen MR) is 99.7 cm³/mol. The molecule has 26 heavy (non-hydrogen) atoms. The minimum atomic E-state index is -0.910. The van der Waals surface area contributed by atoms with Crippen molar-refractivity contribution in [1.82, 2.24) is 0 Å². The maximum absolute atomic E-state index is 10.9. The van der Waals surface area contributed by atoms with E-state index in [-0.39, 0.29) is 25.7 Å². The van der Waals surface area contributed by atoms with E-state index in [1.54, 1.807) is 0 Å². The third-order valence-electron chi connectivity index (χ3n) is 3.66. The van der Waals surface area contributed by atoms with Crippen LogP contribution in [0.15, 0.2) is 70.9 Å². The number of benzene rings is 2. The van der Waals surface area contributed by atoms with E-state index < -0.39 is 11.9 Å². The summed E-state index contributed by atoms with van der Waals surface area (Å²) in [5.41, 5.74) is 2.69.